The van der Waals surface area contributed by atoms with E-state index in [-0.39, 0.29) is 5.63 Å². The van der Waals surface area contributed by atoms with Crippen LogP contribution >= 0.6 is 0 Å². The van der Waals surface area contributed by atoms with Crippen molar-refractivity contribution in [1.29, 1.82) is 0 Å². The van der Waals surface area contributed by atoms with Gasteiger partial charge in [0.15, 0.2) is 6.73 Å². The topological polar surface area (TPSA) is 42.7 Å². The van der Waals surface area contributed by atoms with E-state index in [1.165, 1.54) is 11.1 Å². The maximum atomic E-state index is 12.5. The van der Waals surface area contributed by atoms with Crippen LogP contribution in [0, 0.1) is 0 Å². The average Bonchev–Trinajstić information content (AvgIpc) is 3.24. The zero-order chi connectivity index (χ0) is 19.3. The molecule has 0 radical (unpaired) electrons. The van der Waals surface area contributed by atoms with Crippen molar-refractivity contribution in [2.75, 3.05) is 11.6 Å². The first kappa shape index (κ1) is 17.4. The molecule has 5 rings (SSSR count). The van der Waals surface area contributed by atoms with Crippen LogP contribution in [0.3, 0.4) is 0 Å². The molecular formula is C24H25NO3. The van der Waals surface area contributed by atoms with E-state index in [0.717, 1.165) is 53.6 Å². The second-order valence-corrected chi connectivity index (χ2v) is 7.99. The van der Waals surface area contributed by atoms with Gasteiger partial charge in [0.25, 0.3) is 0 Å². The molecule has 4 heteroatoms. The van der Waals surface area contributed by atoms with E-state index in [0.29, 0.717) is 24.8 Å². The van der Waals surface area contributed by atoms with E-state index in [9.17, 15) is 4.79 Å². The molecule has 0 saturated carbocycles. The Morgan fingerprint density at radius 2 is 1.82 bits per heavy atom. The summed E-state index contributed by atoms with van der Waals surface area (Å²) in [7, 11) is 0. The highest BCUT2D eigenvalue weighted by Crippen LogP contribution is 2.37. The summed E-state index contributed by atoms with van der Waals surface area (Å²) in [5, 5.41) is 1.07. The van der Waals surface area contributed by atoms with Crippen LogP contribution < -0.4 is 15.3 Å². The molecule has 2 aliphatic rings. The van der Waals surface area contributed by atoms with Crippen LogP contribution in [0.1, 0.15) is 54.9 Å². The highest BCUT2D eigenvalue weighted by atomic mass is 16.5. The van der Waals surface area contributed by atoms with Crippen molar-refractivity contribution in [2.24, 2.45) is 0 Å². The van der Waals surface area contributed by atoms with E-state index in [1.54, 1.807) is 0 Å². The minimum absolute atomic E-state index is 0.177. The monoisotopic (exact) mass is 375 g/mol. The molecule has 0 spiro atoms. The second kappa shape index (κ2) is 6.69. The van der Waals surface area contributed by atoms with Gasteiger partial charge in [0.05, 0.1) is 12.1 Å². The molecule has 2 heterocycles. The van der Waals surface area contributed by atoms with Gasteiger partial charge in [-0.05, 0) is 67.0 Å². The van der Waals surface area contributed by atoms with Gasteiger partial charge >= 0.3 is 5.63 Å². The van der Waals surface area contributed by atoms with E-state index >= 15 is 0 Å². The van der Waals surface area contributed by atoms with E-state index < -0.39 is 0 Å². The number of aryl methyl sites for hydroxylation is 1. The molecule has 0 N–H and O–H groups in total. The molecule has 4 nitrogen and oxygen atoms in total. The number of ether oxygens (including phenoxy) is 1. The van der Waals surface area contributed by atoms with Crippen LogP contribution in [0.5, 0.6) is 5.75 Å². The summed E-state index contributed by atoms with van der Waals surface area (Å²) in [4.78, 5) is 14.7. The standard InChI is InChI=1S/C24H25NO3/c1-3-15(2)16-7-9-17(10-8-16)25-13-21-22(27-14-25)12-11-19-18-5-4-6-20(18)24(26)28-23(19)21/h7-12,15H,3-6,13-14H2,1-2H3. The van der Waals surface area contributed by atoms with Crippen LogP contribution in [0.2, 0.25) is 0 Å². The van der Waals surface area contributed by atoms with Crippen molar-refractivity contribution < 1.29 is 9.15 Å². The van der Waals surface area contributed by atoms with E-state index in [2.05, 4.69) is 49.1 Å². The normalized spacial score (nSPS) is 16.6. The van der Waals surface area contributed by atoms with Crippen LogP contribution in [0.4, 0.5) is 5.69 Å². The van der Waals surface area contributed by atoms with Crippen molar-refractivity contribution in [3.8, 4) is 5.75 Å². The summed E-state index contributed by atoms with van der Waals surface area (Å²) < 4.78 is 11.8. The minimum atomic E-state index is -0.177. The maximum absolute atomic E-state index is 12.5. The van der Waals surface area contributed by atoms with E-state index in [4.69, 9.17) is 9.15 Å². The fourth-order valence-corrected chi connectivity index (χ4v) is 4.47. The number of rotatable bonds is 3. The quantitative estimate of drug-likeness (QED) is 0.594. The first-order valence-electron chi connectivity index (χ1n) is 10.2. The Morgan fingerprint density at radius 1 is 1.04 bits per heavy atom. The molecular weight excluding hydrogens is 350 g/mol. The van der Waals surface area contributed by atoms with Crippen LogP contribution in [-0.4, -0.2) is 6.73 Å². The van der Waals surface area contributed by atoms with Gasteiger partial charge in [0.1, 0.15) is 11.3 Å². The summed E-state index contributed by atoms with van der Waals surface area (Å²) in [5.41, 5.74) is 6.01. The lowest BCUT2D eigenvalue weighted by atomic mass is 9.98. The Kier molecular flexibility index (Phi) is 4.15. The third kappa shape index (κ3) is 2.70. The molecule has 0 bridgehead atoms. The summed E-state index contributed by atoms with van der Waals surface area (Å²) >= 11 is 0. The molecule has 0 fully saturated rings. The third-order valence-electron chi connectivity index (χ3n) is 6.37. The first-order valence-corrected chi connectivity index (χ1v) is 10.2. The van der Waals surface area contributed by atoms with Gasteiger partial charge in [0.2, 0.25) is 0 Å². The number of nitrogens with zero attached hydrogens (tertiary/aromatic N) is 1. The highest BCUT2D eigenvalue weighted by molar-refractivity contribution is 5.87. The molecule has 1 aromatic heterocycles. The fraction of sp³-hybridized carbons (Fsp3) is 0.375. The zero-order valence-corrected chi connectivity index (χ0v) is 16.5. The highest BCUT2D eigenvalue weighted by Gasteiger charge is 2.26. The van der Waals surface area contributed by atoms with Gasteiger partial charge in [-0.15, -0.1) is 0 Å². The molecule has 3 aromatic rings. The molecule has 1 aliphatic carbocycles. The largest absolute Gasteiger partial charge is 0.473 e. The van der Waals surface area contributed by atoms with Gasteiger partial charge in [0, 0.05) is 16.6 Å². The van der Waals surface area contributed by atoms with Gasteiger partial charge < -0.3 is 14.1 Å². The predicted molar refractivity (Wildman–Crippen MR) is 111 cm³/mol. The molecule has 1 atom stereocenters. The molecule has 28 heavy (non-hydrogen) atoms. The SMILES string of the molecule is CCC(C)c1ccc(N2COc3ccc4c5c(c(=O)oc4c3C2)CCC5)cc1. The molecule has 0 saturated heterocycles. The molecule has 1 unspecified atom stereocenters. The van der Waals surface area contributed by atoms with Gasteiger partial charge in [-0.25, -0.2) is 4.79 Å². The summed E-state index contributed by atoms with van der Waals surface area (Å²) in [6, 6.07) is 12.8. The third-order valence-corrected chi connectivity index (χ3v) is 6.37. The number of benzene rings is 2. The Morgan fingerprint density at radius 3 is 2.61 bits per heavy atom. The van der Waals surface area contributed by atoms with Crippen molar-refractivity contribution in [2.45, 2.75) is 52.0 Å². The van der Waals surface area contributed by atoms with E-state index in [1.807, 2.05) is 6.07 Å². The van der Waals surface area contributed by atoms with Gasteiger partial charge in [-0.3, -0.25) is 0 Å². The van der Waals surface area contributed by atoms with Crippen molar-refractivity contribution in [3.63, 3.8) is 0 Å². The zero-order valence-electron chi connectivity index (χ0n) is 16.5. The lowest BCUT2D eigenvalue weighted by molar-refractivity contribution is 0.289. The maximum Gasteiger partial charge on any atom is 0.339 e. The Labute approximate surface area is 164 Å². The van der Waals surface area contributed by atoms with Crippen LogP contribution in [0.25, 0.3) is 11.0 Å². The Hall–Kier alpha value is -2.75. The number of hydrogen-bond donors (Lipinski definition) is 0. The first-order chi connectivity index (χ1) is 13.7. The number of hydrogen-bond acceptors (Lipinski definition) is 4. The molecule has 1 aliphatic heterocycles. The lowest BCUT2D eigenvalue weighted by Gasteiger charge is -2.31. The van der Waals surface area contributed by atoms with Crippen LogP contribution in [0.15, 0.2) is 45.6 Å². The molecule has 144 valence electrons. The van der Waals surface area contributed by atoms with Crippen molar-refractivity contribution in [1.82, 2.24) is 0 Å². The second-order valence-electron chi connectivity index (χ2n) is 7.99. The van der Waals surface area contributed by atoms with Gasteiger partial charge in [-0.2, -0.15) is 0 Å². The summed E-state index contributed by atoms with van der Waals surface area (Å²) in [6.07, 6.45) is 3.95. The summed E-state index contributed by atoms with van der Waals surface area (Å²) in [5.74, 6) is 1.38. The molecule has 2 aromatic carbocycles. The average molecular weight is 375 g/mol. The predicted octanol–water partition coefficient (Wildman–Crippen LogP) is 5.15. The number of fused-ring (bicyclic) bond motifs is 5. The lowest BCUT2D eigenvalue weighted by Crippen LogP contribution is -2.32. The minimum Gasteiger partial charge on any atom is -0.473 e. The van der Waals surface area contributed by atoms with Crippen molar-refractivity contribution >= 4 is 16.7 Å². The summed E-state index contributed by atoms with van der Waals surface area (Å²) in [6.45, 7) is 5.64. The molecule has 0 amide bonds. The van der Waals surface area contributed by atoms with Crippen molar-refractivity contribution in [3.05, 3.63) is 69.1 Å². The Bertz CT molecular complexity index is 1100. The fourth-order valence-electron chi connectivity index (χ4n) is 4.47. The van der Waals surface area contributed by atoms with Crippen LogP contribution in [-0.2, 0) is 19.4 Å². The smallest absolute Gasteiger partial charge is 0.339 e. The Balaban J connectivity index is 1.54. The van der Waals surface area contributed by atoms with Gasteiger partial charge in [-0.1, -0.05) is 26.0 Å². The number of anilines is 1.